The van der Waals surface area contributed by atoms with Crippen molar-refractivity contribution in [2.75, 3.05) is 6.54 Å². The molecule has 30 heavy (non-hydrogen) atoms. The van der Waals surface area contributed by atoms with Crippen LogP contribution in [0.25, 0.3) is 0 Å². The first-order chi connectivity index (χ1) is 14.5. The zero-order chi connectivity index (χ0) is 21.3. The molecular weight excluding hydrogens is 398 g/mol. The third-order valence-corrected chi connectivity index (χ3v) is 5.83. The molecular formula is C24H22ClN3O2. The molecule has 6 heteroatoms. The van der Waals surface area contributed by atoms with Crippen molar-refractivity contribution in [1.82, 2.24) is 14.0 Å². The number of benzene rings is 2. The Morgan fingerprint density at radius 1 is 1.07 bits per heavy atom. The predicted molar refractivity (Wildman–Crippen MR) is 119 cm³/mol. The van der Waals surface area contributed by atoms with Gasteiger partial charge in [0.2, 0.25) is 0 Å². The summed E-state index contributed by atoms with van der Waals surface area (Å²) in [5, 5.41) is 0.619. The van der Waals surface area contributed by atoms with Gasteiger partial charge in [0.05, 0.1) is 12.1 Å². The van der Waals surface area contributed by atoms with E-state index in [4.69, 9.17) is 18.0 Å². The molecule has 4 rings (SSSR count). The van der Waals surface area contributed by atoms with Crippen molar-refractivity contribution < 1.29 is 0 Å². The van der Waals surface area contributed by atoms with E-state index in [1.165, 1.54) is 4.57 Å². The summed E-state index contributed by atoms with van der Waals surface area (Å²) in [5.41, 5.74) is 3.82. The lowest BCUT2D eigenvalue weighted by atomic mass is 10.0. The number of terminal acetylenes is 1. The third-order valence-electron chi connectivity index (χ3n) is 5.57. The monoisotopic (exact) mass is 419 g/mol. The van der Waals surface area contributed by atoms with Gasteiger partial charge in [0.25, 0.3) is 5.56 Å². The Morgan fingerprint density at radius 3 is 2.57 bits per heavy atom. The third kappa shape index (κ3) is 3.97. The van der Waals surface area contributed by atoms with E-state index in [1.807, 2.05) is 36.4 Å². The highest BCUT2D eigenvalue weighted by Crippen LogP contribution is 2.18. The minimum Gasteiger partial charge on any atom is -0.300 e. The molecule has 152 valence electrons. The van der Waals surface area contributed by atoms with Crippen LogP contribution in [-0.2, 0) is 33.1 Å². The van der Waals surface area contributed by atoms with Gasteiger partial charge in [0.15, 0.2) is 0 Å². The van der Waals surface area contributed by atoms with Crippen LogP contribution in [0.15, 0.2) is 58.1 Å². The summed E-state index contributed by atoms with van der Waals surface area (Å²) in [6, 6.07) is 15.1. The number of aromatic nitrogens is 2. The van der Waals surface area contributed by atoms with E-state index in [9.17, 15) is 9.59 Å². The molecule has 0 bridgehead atoms. The molecule has 2 aromatic carbocycles. The van der Waals surface area contributed by atoms with Gasteiger partial charge in [0, 0.05) is 49.4 Å². The number of fused-ring (bicyclic) bond motifs is 1. The lowest BCUT2D eigenvalue weighted by molar-refractivity contribution is 0.237. The fraction of sp³-hybridized carbons (Fsp3) is 0.250. The average molecular weight is 420 g/mol. The lowest BCUT2D eigenvalue weighted by Crippen LogP contribution is -2.47. The summed E-state index contributed by atoms with van der Waals surface area (Å²) >= 11 is 5.95. The molecule has 1 aromatic heterocycles. The quantitative estimate of drug-likeness (QED) is 0.611. The van der Waals surface area contributed by atoms with Crippen LogP contribution in [0.3, 0.4) is 0 Å². The van der Waals surface area contributed by atoms with Crippen molar-refractivity contribution in [3.8, 4) is 12.3 Å². The second kappa shape index (κ2) is 8.35. The van der Waals surface area contributed by atoms with Crippen molar-refractivity contribution in [1.29, 1.82) is 0 Å². The maximum atomic E-state index is 13.2. The molecule has 0 fully saturated rings. The Labute approximate surface area is 180 Å². The Balaban J connectivity index is 1.65. The van der Waals surface area contributed by atoms with E-state index in [1.54, 1.807) is 23.7 Å². The Kier molecular flexibility index (Phi) is 5.63. The van der Waals surface area contributed by atoms with E-state index in [-0.39, 0.29) is 17.8 Å². The normalized spacial score (nSPS) is 13.6. The molecule has 0 aliphatic carbocycles. The fourth-order valence-corrected chi connectivity index (χ4v) is 4.11. The predicted octanol–water partition coefficient (Wildman–Crippen LogP) is 2.79. The number of rotatable bonds is 4. The minimum atomic E-state index is -0.288. The lowest BCUT2D eigenvalue weighted by Gasteiger charge is -2.30. The van der Waals surface area contributed by atoms with Crippen LogP contribution < -0.4 is 11.2 Å². The van der Waals surface area contributed by atoms with Crippen molar-refractivity contribution in [3.05, 3.63) is 102 Å². The summed E-state index contributed by atoms with van der Waals surface area (Å²) in [6.45, 7) is 2.21. The smallest absolute Gasteiger partial charge is 0.300 e. The van der Waals surface area contributed by atoms with Crippen LogP contribution in [0.5, 0.6) is 0 Å². The van der Waals surface area contributed by atoms with Gasteiger partial charge >= 0.3 is 5.69 Å². The highest BCUT2D eigenvalue weighted by Gasteiger charge is 2.24. The highest BCUT2D eigenvalue weighted by molar-refractivity contribution is 6.30. The van der Waals surface area contributed by atoms with E-state index in [0.29, 0.717) is 30.1 Å². The highest BCUT2D eigenvalue weighted by atomic mass is 35.5. The van der Waals surface area contributed by atoms with Gasteiger partial charge < -0.3 is 4.57 Å². The van der Waals surface area contributed by atoms with Gasteiger partial charge in [-0.25, -0.2) is 4.79 Å². The van der Waals surface area contributed by atoms with Gasteiger partial charge in [-0.2, -0.15) is 0 Å². The summed E-state index contributed by atoms with van der Waals surface area (Å²) in [6.07, 6.45) is 6.17. The minimum absolute atomic E-state index is 0.217. The number of hydrogen-bond donors (Lipinski definition) is 0. The Morgan fingerprint density at radius 2 is 1.83 bits per heavy atom. The standard InChI is InChI=1S/C24H22ClN3O2/c1-3-17-5-4-6-19(13-17)14-27-12-11-22-21(16-27)23(29)28(24(30)26(22)2)15-18-7-9-20(25)10-8-18/h1,4-10,13H,11-12,14-16H2,2H3. The van der Waals surface area contributed by atoms with E-state index >= 15 is 0 Å². The molecule has 0 spiro atoms. The zero-order valence-electron chi connectivity index (χ0n) is 16.8. The van der Waals surface area contributed by atoms with E-state index in [2.05, 4.69) is 10.8 Å². The largest absolute Gasteiger partial charge is 0.331 e. The van der Waals surface area contributed by atoms with Crippen molar-refractivity contribution in [2.24, 2.45) is 7.05 Å². The SMILES string of the molecule is C#Cc1cccc(CN2CCc3c(c(=O)n(Cc4ccc(Cl)cc4)c(=O)n3C)C2)c1. The molecule has 0 radical (unpaired) electrons. The van der Waals surface area contributed by atoms with Crippen molar-refractivity contribution in [3.63, 3.8) is 0 Å². The molecule has 5 nitrogen and oxygen atoms in total. The molecule has 0 amide bonds. The molecule has 1 aliphatic heterocycles. The number of halogens is 1. The van der Waals surface area contributed by atoms with Gasteiger partial charge in [-0.3, -0.25) is 14.3 Å². The van der Waals surface area contributed by atoms with Gasteiger partial charge in [-0.1, -0.05) is 41.8 Å². The van der Waals surface area contributed by atoms with Gasteiger partial charge in [-0.05, 0) is 35.4 Å². The molecule has 0 N–H and O–H groups in total. The average Bonchev–Trinajstić information content (AvgIpc) is 2.76. The van der Waals surface area contributed by atoms with Crippen molar-refractivity contribution in [2.45, 2.75) is 26.1 Å². The number of nitrogens with zero attached hydrogens (tertiary/aromatic N) is 3. The second-order valence-electron chi connectivity index (χ2n) is 7.59. The fourth-order valence-electron chi connectivity index (χ4n) is 3.98. The van der Waals surface area contributed by atoms with Gasteiger partial charge in [0.1, 0.15) is 0 Å². The number of hydrogen-bond acceptors (Lipinski definition) is 3. The maximum Gasteiger partial charge on any atom is 0.331 e. The van der Waals surface area contributed by atoms with E-state index in [0.717, 1.165) is 28.9 Å². The van der Waals surface area contributed by atoms with E-state index < -0.39 is 0 Å². The van der Waals surface area contributed by atoms with Crippen LogP contribution in [0.2, 0.25) is 5.02 Å². The van der Waals surface area contributed by atoms with Gasteiger partial charge in [-0.15, -0.1) is 6.42 Å². The second-order valence-corrected chi connectivity index (χ2v) is 8.03. The van der Waals surface area contributed by atoms with Crippen LogP contribution >= 0.6 is 11.6 Å². The Bertz CT molecular complexity index is 1250. The molecule has 2 heterocycles. The summed E-state index contributed by atoms with van der Waals surface area (Å²) in [4.78, 5) is 28.3. The molecule has 0 unspecified atom stereocenters. The molecule has 3 aromatic rings. The Hall–Kier alpha value is -3.07. The van der Waals surface area contributed by atoms with Crippen LogP contribution in [0.1, 0.15) is 27.9 Å². The molecule has 1 aliphatic rings. The summed E-state index contributed by atoms with van der Waals surface area (Å²) < 4.78 is 2.92. The molecule has 0 atom stereocenters. The molecule has 0 saturated heterocycles. The zero-order valence-corrected chi connectivity index (χ0v) is 17.5. The summed E-state index contributed by atoms with van der Waals surface area (Å²) in [7, 11) is 1.74. The first-order valence-corrected chi connectivity index (χ1v) is 10.2. The first-order valence-electron chi connectivity index (χ1n) is 9.80. The molecule has 0 saturated carbocycles. The van der Waals surface area contributed by atoms with Crippen LogP contribution in [0.4, 0.5) is 0 Å². The summed E-state index contributed by atoms with van der Waals surface area (Å²) in [5.74, 6) is 2.66. The van der Waals surface area contributed by atoms with Crippen LogP contribution in [0, 0.1) is 12.3 Å². The maximum absolute atomic E-state index is 13.2. The van der Waals surface area contributed by atoms with Crippen LogP contribution in [-0.4, -0.2) is 20.6 Å². The topological polar surface area (TPSA) is 47.2 Å². The first kappa shape index (κ1) is 20.2. The van der Waals surface area contributed by atoms with Crippen molar-refractivity contribution >= 4 is 11.6 Å².